The monoisotopic (exact) mass is 504 g/mol. The van der Waals surface area contributed by atoms with Gasteiger partial charge in [-0.3, -0.25) is 9.59 Å². The second-order valence-corrected chi connectivity index (χ2v) is 7.25. The van der Waals surface area contributed by atoms with Gasteiger partial charge in [0.15, 0.2) is 0 Å². The van der Waals surface area contributed by atoms with E-state index in [1.165, 1.54) is 21.0 Å². The molecule has 1 saturated heterocycles. The second kappa shape index (κ2) is 9.58. The van der Waals surface area contributed by atoms with Crippen LogP contribution in [-0.2, 0) is 23.8 Å². The molecule has 2 N–H and O–H groups in total. The van der Waals surface area contributed by atoms with Crippen LogP contribution in [0.25, 0.3) is 0 Å². The van der Waals surface area contributed by atoms with Crippen molar-refractivity contribution in [1.29, 1.82) is 0 Å². The predicted molar refractivity (Wildman–Crippen MR) is 99.1 cm³/mol. The first-order chi connectivity index (χ1) is 15.6. The highest BCUT2D eigenvalue weighted by Crippen LogP contribution is 2.59. The molecule has 34 heavy (non-hydrogen) atoms. The summed E-state index contributed by atoms with van der Waals surface area (Å²) in [6.45, 7) is 1.36. The maximum Gasteiger partial charge on any atom is 0.444 e. The lowest BCUT2D eigenvalue weighted by Crippen LogP contribution is -2.73. The number of rotatable bonds is 6. The zero-order valence-electron chi connectivity index (χ0n) is 18.1. The summed E-state index contributed by atoms with van der Waals surface area (Å²) in [4.78, 5) is 25.3. The number of hydrogen-bond donors (Lipinski definition) is 2. The highest BCUT2D eigenvalue weighted by atomic mass is 19.4. The van der Waals surface area contributed by atoms with Gasteiger partial charge in [0.2, 0.25) is 0 Å². The molecule has 1 aromatic rings. The molecule has 1 fully saturated rings. The summed E-state index contributed by atoms with van der Waals surface area (Å²) < 4.78 is 102. The van der Waals surface area contributed by atoms with E-state index in [2.05, 4.69) is 14.2 Å². The highest BCUT2D eigenvalue weighted by molar-refractivity contribution is 5.81. The first-order valence-corrected chi connectivity index (χ1v) is 9.84. The van der Waals surface area contributed by atoms with Crippen LogP contribution in [0, 0.1) is 11.8 Å². The van der Waals surface area contributed by atoms with Crippen LogP contribution in [-0.4, -0.2) is 66.4 Å². The van der Waals surface area contributed by atoms with Crippen molar-refractivity contribution in [1.82, 2.24) is 0 Å². The fourth-order valence-electron chi connectivity index (χ4n) is 3.80. The van der Waals surface area contributed by atoms with E-state index in [0.29, 0.717) is 0 Å². The van der Waals surface area contributed by atoms with Gasteiger partial charge >= 0.3 is 24.3 Å². The summed E-state index contributed by atoms with van der Waals surface area (Å²) in [5, 5.41) is 20.9. The Hall–Kier alpha value is -2.58. The maximum absolute atomic E-state index is 14.0. The summed E-state index contributed by atoms with van der Waals surface area (Å²) >= 11 is 0. The molecule has 1 aliphatic rings. The number of carbonyl (C=O) groups excluding carboxylic acids is 2. The second-order valence-electron chi connectivity index (χ2n) is 7.25. The molecule has 8 nitrogen and oxygen atoms in total. The molecule has 0 bridgehead atoms. The quantitative estimate of drug-likeness (QED) is 0.450. The lowest BCUT2D eigenvalue weighted by molar-refractivity contribution is -0.507. The topological polar surface area (TPSA) is 112 Å². The smallest absolute Gasteiger partial charge is 0.444 e. The van der Waals surface area contributed by atoms with Crippen LogP contribution in [0.2, 0.25) is 0 Å². The number of alkyl halides is 6. The van der Waals surface area contributed by atoms with Gasteiger partial charge in [0, 0.05) is 5.92 Å². The molecule has 1 heterocycles. The number of benzene rings is 1. The maximum atomic E-state index is 14.0. The molecule has 1 unspecified atom stereocenters. The van der Waals surface area contributed by atoms with Gasteiger partial charge in [0.05, 0.1) is 20.3 Å². The van der Waals surface area contributed by atoms with Crippen molar-refractivity contribution < 1.29 is 65.1 Å². The Morgan fingerprint density at radius 1 is 0.882 bits per heavy atom. The van der Waals surface area contributed by atoms with Crippen LogP contribution >= 0.6 is 0 Å². The van der Waals surface area contributed by atoms with Crippen molar-refractivity contribution >= 4 is 11.9 Å². The Balaban J connectivity index is 2.95. The number of esters is 2. The minimum absolute atomic E-state index is 0.133. The van der Waals surface area contributed by atoms with Crippen molar-refractivity contribution in [2.75, 3.05) is 20.3 Å². The lowest BCUT2D eigenvalue weighted by atomic mass is 9.67. The van der Waals surface area contributed by atoms with E-state index < -0.39 is 72.4 Å². The number of halogens is 6. The van der Waals surface area contributed by atoms with Gasteiger partial charge in [-0.15, -0.1) is 0 Å². The van der Waals surface area contributed by atoms with E-state index >= 15 is 0 Å². The molecule has 14 heteroatoms. The summed E-state index contributed by atoms with van der Waals surface area (Å²) in [6, 6.07) is 4.21. The molecule has 2 rings (SSSR count). The van der Waals surface area contributed by atoms with E-state index in [1.807, 2.05) is 0 Å². The molecule has 0 aliphatic carbocycles. The first-order valence-electron chi connectivity index (χ1n) is 9.84. The van der Waals surface area contributed by atoms with E-state index in [1.54, 1.807) is 0 Å². The Morgan fingerprint density at radius 3 is 1.56 bits per heavy atom. The largest absolute Gasteiger partial charge is 0.497 e. The molecular weight excluding hydrogens is 482 g/mol. The summed E-state index contributed by atoms with van der Waals surface area (Å²) in [5.41, 5.74) is -0.467. The van der Waals surface area contributed by atoms with Crippen molar-refractivity contribution in [2.24, 2.45) is 11.8 Å². The molecular formula is C20H22F6O8. The number of hydrogen-bond acceptors (Lipinski definition) is 8. The minimum atomic E-state index is -6.05. The third-order valence-corrected chi connectivity index (χ3v) is 5.27. The zero-order chi connectivity index (χ0) is 26.1. The molecule has 192 valence electrons. The normalized spacial score (nSPS) is 29.9. The number of methoxy groups -OCH3 is 1. The van der Waals surface area contributed by atoms with Gasteiger partial charge in [0.1, 0.15) is 17.6 Å². The van der Waals surface area contributed by atoms with Gasteiger partial charge in [-0.1, -0.05) is 12.1 Å². The molecule has 0 spiro atoms. The fraction of sp³-hybridized carbons (Fsp3) is 0.600. The molecule has 5 atom stereocenters. The Labute approximate surface area is 189 Å². The molecule has 0 saturated carbocycles. The SMILES string of the molecule is CCOC(=O)[C@@H]1C(c2ccc(OC)cc2)[C@H](C(=O)OCC)[C@@](O)(C(F)(F)F)O[C@@]1(O)C(F)(F)F. The van der Waals surface area contributed by atoms with E-state index in [4.69, 9.17) is 4.74 Å². The molecule has 0 amide bonds. The summed E-state index contributed by atoms with van der Waals surface area (Å²) in [5.74, 6) is -21.7. The Bertz CT molecular complexity index is 839. The zero-order valence-corrected chi connectivity index (χ0v) is 18.1. The van der Waals surface area contributed by atoms with E-state index in [0.717, 1.165) is 24.3 Å². The van der Waals surface area contributed by atoms with E-state index in [-0.39, 0.29) is 5.75 Å². The fourth-order valence-corrected chi connectivity index (χ4v) is 3.80. The van der Waals surface area contributed by atoms with Gasteiger partial charge in [0.25, 0.3) is 11.6 Å². The number of aliphatic hydroxyl groups is 2. The van der Waals surface area contributed by atoms with Crippen molar-refractivity contribution in [3.63, 3.8) is 0 Å². The molecule has 0 radical (unpaired) electrons. The predicted octanol–water partition coefficient (Wildman–Crippen LogP) is 2.67. The third kappa shape index (κ3) is 4.66. The standard InChI is InChI=1S/C20H22F6O8/c1-4-32-15(27)13-12(10-6-8-11(31-3)9-7-10)14(16(28)33-5-2)18(30,20(24,25)26)34-17(13,29)19(21,22)23/h6-9,12-14,29-30H,4-5H2,1-3H3/t12?,13-,14+,17+,18-. The van der Waals surface area contributed by atoms with Crippen LogP contribution in [0.5, 0.6) is 5.75 Å². The van der Waals surface area contributed by atoms with Crippen LogP contribution in [0.1, 0.15) is 25.3 Å². The average molecular weight is 504 g/mol. The highest BCUT2D eigenvalue weighted by Gasteiger charge is 2.80. The summed E-state index contributed by atoms with van der Waals surface area (Å²) in [7, 11) is 1.23. The van der Waals surface area contributed by atoms with Crippen molar-refractivity contribution in [2.45, 2.75) is 43.7 Å². The van der Waals surface area contributed by atoms with Crippen LogP contribution in [0.15, 0.2) is 24.3 Å². The van der Waals surface area contributed by atoms with Gasteiger partial charge in [-0.05, 0) is 31.5 Å². The van der Waals surface area contributed by atoms with Crippen LogP contribution in [0.4, 0.5) is 26.3 Å². The van der Waals surface area contributed by atoms with Gasteiger partial charge < -0.3 is 29.2 Å². The van der Waals surface area contributed by atoms with Crippen LogP contribution in [0.3, 0.4) is 0 Å². The van der Waals surface area contributed by atoms with Gasteiger partial charge in [-0.25, -0.2) is 0 Å². The first kappa shape index (κ1) is 27.7. The third-order valence-electron chi connectivity index (χ3n) is 5.27. The lowest BCUT2D eigenvalue weighted by Gasteiger charge is -2.53. The van der Waals surface area contributed by atoms with Gasteiger partial charge in [-0.2, -0.15) is 26.3 Å². The van der Waals surface area contributed by atoms with Crippen molar-refractivity contribution in [3.05, 3.63) is 29.8 Å². The van der Waals surface area contributed by atoms with Crippen LogP contribution < -0.4 is 4.74 Å². The van der Waals surface area contributed by atoms with Crippen molar-refractivity contribution in [3.8, 4) is 5.75 Å². The number of ether oxygens (including phenoxy) is 4. The molecule has 1 aromatic carbocycles. The molecule has 1 aliphatic heterocycles. The number of carbonyl (C=O) groups is 2. The minimum Gasteiger partial charge on any atom is -0.497 e. The summed E-state index contributed by atoms with van der Waals surface area (Å²) in [6.07, 6.45) is -12.1. The molecule has 0 aromatic heterocycles. The average Bonchev–Trinajstić information content (AvgIpc) is 2.72. The van der Waals surface area contributed by atoms with E-state index in [9.17, 15) is 46.1 Å². The Kier molecular flexibility index (Phi) is 7.80. The Morgan fingerprint density at radius 2 is 1.26 bits per heavy atom.